The van der Waals surface area contributed by atoms with Crippen molar-refractivity contribution < 1.29 is 19.4 Å². The van der Waals surface area contributed by atoms with Gasteiger partial charge in [-0.3, -0.25) is 4.98 Å². The van der Waals surface area contributed by atoms with Crippen LogP contribution in [0.3, 0.4) is 0 Å². The van der Waals surface area contributed by atoms with Gasteiger partial charge in [0, 0.05) is 5.39 Å². The Morgan fingerprint density at radius 3 is 2.75 bits per heavy atom. The van der Waals surface area contributed by atoms with Crippen molar-refractivity contribution in [3.8, 4) is 5.75 Å². The molecule has 5 heteroatoms. The number of aromatic carboxylic acids is 1. The first kappa shape index (κ1) is 14.3. The molecule has 2 rings (SSSR count). The lowest BCUT2D eigenvalue weighted by Crippen LogP contribution is -2.13. The summed E-state index contributed by atoms with van der Waals surface area (Å²) in [7, 11) is 0. The predicted octanol–water partition coefficient (Wildman–Crippen LogP) is 2.74. The van der Waals surface area contributed by atoms with Gasteiger partial charge in [-0.1, -0.05) is 18.2 Å². The van der Waals surface area contributed by atoms with Crippen LogP contribution in [0.4, 0.5) is 0 Å². The molecule has 0 saturated carbocycles. The average Bonchev–Trinajstić information content (AvgIpc) is 2.42. The van der Waals surface area contributed by atoms with Crippen LogP contribution < -0.4 is 4.74 Å². The zero-order chi connectivity index (χ0) is 14.5. The maximum Gasteiger partial charge on any atom is 0.340 e. The monoisotopic (exact) mass is 275 g/mol. The number of hydrogen-bond donors (Lipinski definition) is 1. The quantitative estimate of drug-likeness (QED) is 0.821. The fourth-order valence-corrected chi connectivity index (χ4v) is 1.89. The molecule has 0 aliphatic rings. The summed E-state index contributed by atoms with van der Waals surface area (Å²) in [5.74, 6) is -0.757. The average molecular weight is 275 g/mol. The first-order valence-corrected chi connectivity index (χ1v) is 6.45. The molecule has 1 aromatic carbocycles. The van der Waals surface area contributed by atoms with Gasteiger partial charge in [0.1, 0.15) is 12.2 Å². The summed E-state index contributed by atoms with van der Waals surface area (Å²) in [6.45, 7) is 4.56. The summed E-state index contributed by atoms with van der Waals surface area (Å²) in [6.07, 6.45) is 1.56. The zero-order valence-corrected chi connectivity index (χ0v) is 11.5. The lowest BCUT2D eigenvalue weighted by molar-refractivity contribution is 0.0538. The Balaban J connectivity index is 2.24. The summed E-state index contributed by atoms with van der Waals surface area (Å²) in [4.78, 5) is 15.6. The highest BCUT2D eigenvalue weighted by atomic mass is 16.5. The molecule has 106 valence electrons. The van der Waals surface area contributed by atoms with E-state index < -0.39 is 5.97 Å². The van der Waals surface area contributed by atoms with Crippen LogP contribution in [0.25, 0.3) is 10.9 Å². The number of carboxylic acids is 1. The van der Waals surface area contributed by atoms with Crippen LogP contribution in [0, 0.1) is 0 Å². The molecule has 0 fully saturated rings. The summed E-state index contributed by atoms with van der Waals surface area (Å²) in [5, 5.41) is 9.94. The van der Waals surface area contributed by atoms with E-state index in [4.69, 9.17) is 9.47 Å². The lowest BCUT2D eigenvalue weighted by atomic mass is 10.1. The standard InChI is InChI=1S/C15H17NO4/c1-10(2)19-7-8-20-13-9-16-12-6-4-3-5-11(12)14(13)15(17)18/h3-6,9-10H,7-8H2,1-2H3,(H,17,18). The Hall–Kier alpha value is -2.14. The normalized spacial score (nSPS) is 10.9. The van der Waals surface area contributed by atoms with E-state index in [2.05, 4.69) is 4.98 Å². The summed E-state index contributed by atoms with van der Waals surface area (Å²) < 4.78 is 10.8. The highest BCUT2D eigenvalue weighted by molar-refractivity contribution is 6.04. The Bertz CT molecular complexity index is 610. The second-order valence-electron chi connectivity index (χ2n) is 4.59. The first-order valence-electron chi connectivity index (χ1n) is 6.45. The molecular formula is C15H17NO4. The third-order valence-electron chi connectivity index (χ3n) is 2.75. The Morgan fingerprint density at radius 1 is 1.30 bits per heavy atom. The number of carbonyl (C=O) groups is 1. The number of carboxylic acid groups (broad SMARTS) is 1. The van der Waals surface area contributed by atoms with Gasteiger partial charge in [0.05, 0.1) is 24.4 Å². The van der Waals surface area contributed by atoms with Crippen molar-refractivity contribution in [3.63, 3.8) is 0 Å². The minimum absolute atomic E-state index is 0.118. The molecule has 0 unspecified atom stereocenters. The van der Waals surface area contributed by atoms with Crippen LogP contribution in [0.5, 0.6) is 5.75 Å². The van der Waals surface area contributed by atoms with E-state index in [0.29, 0.717) is 24.1 Å². The van der Waals surface area contributed by atoms with Crippen molar-refractivity contribution in [1.29, 1.82) is 0 Å². The van der Waals surface area contributed by atoms with Gasteiger partial charge in [-0.15, -0.1) is 0 Å². The van der Waals surface area contributed by atoms with Crippen molar-refractivity contribution in [3.05, 3.63) is 36.0 Å². The molecule has 0 saturated heterocycles. The van der Waals surface area contributed by atoms with Crippen LogP contribution in [-0.2, 0) is 4.74 Å². The van der Waals surface area contributed by atoms with E-state index in [9.17, 15) is 9.90 Å². The number of nitrogens with zero attached hydrogens (tertiary/aromatic N) is 1. The molecule has 0 aliphatic carbocycles. The Morgan fingerprint density at radius 2 is 2.05 bits per heavy atom. The molecular weight excluding hydrogens is 258 g/mol. The third-order valence-corrected chi connectivity index (χ3v) is 2.75. The van der Waals surface area contributed by atoms with Gasteiger partial charge in [-0.25, -0.2) is 4.79 Å². The van der Waals surface area contributed by atoms with Crippen LogP contribution in [0.2, 0.25) is 0 Å². The molecule has 0 spiro atoms. The highest BCUT2D eigenvalue weighted by Crippen LogP contribution is 2.26. The maximum absolute atomic E-state index is 11.4. The maximum atomic E-state index is 11.4. The molecule has 1 N–H and O–H groups in total. The summed E-state index contributed by atoms with van der Waals surface area (Å²) in [6, 6.07) is 7.09. The molecule has 0 radical (unpaired) electrons. The van der Waals surface area contributed by atoms with Crippen molar-refractivity contribution in [2.45, 2.75) is 20.0 Å². The van der Waals surface area contributed by atoms with E-state index in [1.165, 1.54) is 6.20 Å². The Kier molecular flexibility index (Phi) is 4.53. The smallest absolute Gasteiger partial charge is 0.340 e. The van der Waals surface area contributed by atoms with Crippen LogP contribution in [0.1, 0.15) is 24.2 Å². The summed E-state index contributed by atoms with van der Waals surface area (Å²) in [5.41, 5.74) is 0.774. The van der Waals surface area contributed by atoms with Crippen LogP contribution in [-0.4, -0.2) is 35.4 Å². The number of hydrogen-bond acceptors (Lipinski definition) is 4. The van der Waals surface area contributed by atoms with Crippen LogP contribution in [0.15, 0.2) is 30.5 Å². The van der Waals surface area contributed by atoms with E-state index in [0.717, 1.165) is 0 Å². The van der Waals surface area contributed by atoms with E-state index in [1.807, 2.05) is 19.9 Å². The fourth-order valence-electron chi connectivity index (χ4n) is 1.89. The molecule has 0 bridgehead atoms. The zero-order valence-electron chi connectivity index (χ0n) is 11.5. The van der Waals surface area contributed by atoms with E-state index in [1.54, 1.807) is 18.2 Å². The first-order chi connectivity index (χ1) is 9.59. The number of para-hydroxylation sites is 1. The minimum Gasteiger partial charge on any atom is -0.489 e. The second-order valence-corrected chi connectivity index (χ2v) is 4.59. The topological polar surface area (TPSA) is 68.7 Å². The van der Waals surface area contributed by atoms with Crippen molar-refractivity contribution in [1.82, 2.24) is 4.98 Å². The number of rotatable bonds is 6. The van der Waals surface area contributed by atoms with E-state index in [-0.39, 0.29) is 17.4 Å². The fraction of sp³-hybridized carbons (Fsp3) is 0.333. The molecule has 0 aliphatic heterocycles. The number of ether oxygens (including phenoxy) is 2. The highest BCUT2D eigenvalue weighted by Gasteiger charge is 2.16. The van der Waals surface area contributed by atoms with Gasteiger partial charge in [0.15, 0.2) is 5.75 Å². The predicted molar refractivity (Wildman–Crippen MR) is 75.3 cm³/mol. The van der Waals surface area contributed by atoms with Gasteiger partial charge >= 0.3 is 5.97 Å². The van der Waals surface area contributed by atoms with Gasteiger partial charge in [0.2, 0.25) is 0 Å². The molecule has 20 heavy (non-hydrogen) atoms. The molecule has 2 aromatic rings. The lowest BCUT2D eigenvalue weighted by Gasteiger charge is -2.12. The SMILES string of the molecule is CC(C)OCCOc1cnc2ccccc2c1C(=O)O. The third kappa shape index (κ3) is 3.24. The molecule has 0 amide bonds. The second kappa shape index (κ2) is 6.34. The van der Waals surface area contributed by atoms with Crippen LogP contribution >= 0.6 is 0 Å². The van der Waals surface area contributed by atoms with Gasteiger partial charge in [-0.2, -0.15) is 0 Å². The number of benzene rings is 1. The minimum atomic E-state index is -1.02. The molecule has 1 heterocycles. The van der Waals surface area contributed by atoms with Crippen molar-refractivity contribution >= 4 is 16.9 Å². The molecule has 5 nitrogen and oxygen atoms in total. The molecule has 0 atom stereocenters. The number of aromatic nitrogens is 1. The van der Waals surface area contributed by atoms with Crippen molar-refractivity contribution in [2.75, 3.05) is 13.2 Å². The Labute approximate surface area is 117 Å². The van der Waals surface area contributed by atoms with E-state index >= 15 is 0 Å². The van der Waals surface area contributed by atoms with Gasteiger partial charge < -0.3 is 14.6 Å². The number of pyridine rings is 1. The van der Waals surface area contributed by atoms with Crippen molar-refractivity contribution in [2.24, 2.45) is 0 Å². The largest absolute Gasteiger partial charge is 0.489 e. The molecule has 1 aromatic heterocycles. The number of fused-ring (bicyclic) bond motifs is 1. The van der Waals surface area contributed by atoms with Gasteiger partial charge in [0.25, 0.3) is 0 Å². The van der Waals surface area contributed by atoms with Gasteiger partial charge in [-0.05, 0) is 19.9 Å². The summed E-state index contributed by atoms with van der Waals surface area (Å²) >= 11 is 0.